The summed E-state index contributed by atoms with van der Waals surface area (Å²) in [5.41, 5.74) is 4.63. The first-order valence-corrected chi connectivity index (χ1v) is 9.85. The molecule has 30 heavy (non-hydrogen) atoms. The van der Waals surface area contributed by atoms with Gasteiger partial charge in [0.2, 0.25) is 5.91 Å². The van der Waals surface area contributed by atoms with E-state index in [9.17, 15) is 9.59 Å². The Hall–Kier alpha value is -3.63. The Morgan fingerprint density at radius 3 is 2.23 bits per heavy atom. The molecule has 0 spiro atoms. The second kappa shape index (κ2) is 8.39. The van der Waals surface area contributed by atoms with Gasteiger partial charge in [0.05, 0.1) is 5.70 Å². The summed E-state index contributed by atoms with van der Waals surface area (Å²) < 4.78 is 0. The van der Waals surface area contributed by atoms with Crippen molar-refractivity contribution in [3.8, 4) is 0 Å². The van der Waals surface area contributed by atoms with Crippen molar-refractivity contribution in [2.24, 2.45) is 0 Å². The Labute approximate surface area is 180 Å². The Morgan fingerprint density at radius 2 is 1.60 bits per heavy atom. The van der Waals surface area contributed by atoms with E-state index in [-0.39, 0.29) is 11.8 Å². The predicted molar refractivity (Wildman–Crippen MR) is 122 cm³/mol. The molecule has 0 saturated heterocycles. The number of halogens is 1. The van der Waals surface area contributed by atoms with Gasteiger partial charge in [-0.05, 0) is 59.7 Å². The molecule has 2 amide bonds. The topological polar surface area (TPSA) is 49.4 Å². The van der Waals surface area contributed by atoms with Crippen molar-refractivity contribution < 1.29 is 9.59 Å². The van der Waals surface area contributed by atoms with Crippen LogP contribution in [0.2, 0.25) is 5.02 Å². The molecule has 1 aliphatic rings. The van der Waals surface area contributed by atoms with E-state index >= 15 is 0 Å². The maximum absolute atomic E-state index is 13.3. The average molecular weight is 415 g/mol. The number of hydrogen-bond acceptors (Lipinski definition) is 2. The molecule has 3 aromatic carbocycles. The summed E-state index contributed by atoms with van der Waals surface area (Å²) >= 11 is 5.97. The third-order valence-electron chi connectivity index (χ3n) is 4.69. The highest BCUT2D eigenvalue weighted by Crippen LogP contribution is 2.35. The maximum Gasteiger partial charge on any atom is 0.262 e. The summed E-state index contributed by atoms with van der Waals surface area (Å²) in [5.74, 6) is -0.255. The van der Waals surface area contributed by atoms with Crippen LogP contribution in [0.25, 0.3) is 11.8 Å². The summed E-state index contributed by atoms with van der Waals surface area (Å²) in [5, 5.41) is 3.39. The first-order valence-electron chi connectivity index (χ1n) is 9.48. The predicted octanol–water partition coefficient (Wildman–Crippen LogP) is 5.77. The minimum atomic E-state index is -0.141. The number of hydrogen-bond donors (Lipinski definition) is 1. The van der Waals surface area contributed by atoms with Gasteiger partial charge in [-0.2, -0.15) is 0 Å². The van der Waals surface area contributed by atoms with Gasteiger partial charge in [-0.1, -0.05) is 54.1 Å². The van der Waals surface area contributed by atoms with E-state index in [0.29, 0.717) is 16.3 Å². The Kier molecular flexibility index (Phi) is 5.50. The fraction of sp³-hybridized carbons (Fsp3) is 0.0400. The molecule has 0 fully saturated rings. The van der Waals surface area contributed by atoms with Crippen molar-refractivity contribution in [2.75, 3.05) is 10.2 Å². The Balaban J connectivity index is 1.74. The number of amides is 2. The van der Waals surface area contributed by atoms with Crippen molar-refractivity contribution >= 4 is 46.6 Å². The van der Waals surface area contributed by atoms with Crippen molar-refractivity contribution in [1.82, 2.24) is 0 Å². The van der Waals surface area contributed by atoms with E-state index in [1.807, 2.05) is 66.7 Å². The van der Waals surface area contributed by atoms with Crippen LogP contribution in [-0.2, 0) is 9.59 Å². The zero-order chi connectivity index (χ0) is 21.1. The smallest absolute Gasteiger partial charge is 0.262 e. The summed E-state index contributed by atoms with van der Waals surface area (Å²) in [6.45, 7) is 1.46. The van der Waals surface area contributed by atoms with Gasteiger partial charge in [-0.3, -0.25) is 14.5 Å². The van der Waals surface area contributed by atoms with E-state index in [4.69, 9.17) is 11.6 Å². The highest BCUT2D eigenvalue weighted by atomic mass is 35.5. The van der Waals surface area contributed by atoms with E-state index in [1.54, 1.807) is 29.2 Å². The van der Waals surface area contributed by atoms with Crippen LogP contribution in [-0.4, -0.2) is 11.8 Å². The number of nitrogens with one attached hydrogen (secondary N) is 1. The van der Waals surface area contributed by atoms with Crippen LogP contribution in [0.3, 0.4) is 0 Å². The van der Waals surface area contributed by atoms with Crippen LogP contribution < -0.4 is 10.2 Å². The number of nitrogens with zero attached hydrogens (tertiary/aromatic N) is 1. The summed E-state index contributed by atoms with van der Waals surface area (Å²) in [6.07, 6.45) is 3.75. The van der Waals surface area contributed by atoms with Gasteiger partial charge in [-0.15, -0.1) is 0 Å². The van der Waals surface area contributed by atoms with Crippen LogP contribution >= 0.6 is 11.6 Å². The number of carbonyl (C=O) groups is 2. The molecule has 3 aromatic rings. The molecule has 1 N–H and O–H groups in total. The molecular weight excluding hydrogens is 396 g/mol. The van der Waals surface area contributed by atoms with Crippen molar-refractivity contribution in [2.45, 2.75) is 6.92 Å². The molecule has 4 nitrogen and oxygen atoms in total. The van der Waals surface area contributed by atoms with E-state index < -0.39 is 0 Å². The molecule has 0 aromatic heterocycles. The zero-order valence-electron chi connectivity index (χ0n) is 16.3. The summed E-state index contributed by atoms with van der Waals surface area (Å²) in [7, 11) is 0. The van der Waals surface area contributed by atoms with E-state index in [0.717, 1.165) is 22.5 Å². The zero-order valence-corrected chi connectivity index (χ0v) is 17.1. The number of carbonyl (C=O) groups excluding carboxylic acids is 2. The number of benzene rings is 3. The monoisotopic (exact) mass is 414 g/mol. The number of anilines is 2. The number of rotatable bonds is 4. The second-order valence-electron chi connectivity index (χ2n) is 6.92. The van der Waals surface area contributed by atoms with Gasteiger partial charge < -0.3 is 5.32 Å². The Bertz CT molecular complexity index is 1150. The minimum absolute atomic E-state index is 0.115. The van der Waals surface area contributed by atoms with Gasteiger partial charge in [0.15, 0.2) is 0 Å². The fourth-order valence-corrected chi connectivity index (χ4v) is 3.45. The first-order chi connectivity index (χ1) is 14.5. The molecule has 0 bridgehead atoms. The fourth-order valence-electron chi connectivity index (χ4n) is 3.33. The van der Waals surface area contributed by atoms with E-state index in [1.165, 1.54) is 6.92 Å². The van der Waals surface area contributed by atoms with Gasteiger partial charge in [0, 0.05) is 28.9 Å². The lowest BCUT2D eigenvalue weighted by atomic mass is 10.1. The van der Waals surface area contributed by atoms with Gasteiger partial charge in [0.25, 0.3) is 5.91 Å². The van der Waals surface area contributed by atoms with Crippen molar-refractivity contribution in [1.29, 1.82) is 0 Å². The SMILES string of the molecule is CC(=O)Nc1ccc(N2C(=O)/C(=C\c3ccc(Cl)cc3)C=C2c2ccccc2)cc1. The highest BCUT2D eigenvalue weighted by Gasteiger charge is 2.30. The third-order valence-corrected chi connectivity index (χ3v) is 4.94. The molecular formula is C25H19ClN2O2. The van der Waals surface area contributed by atoms with Crippen LogP contribution in [0, 0.1) is 0 Å². The quantitative estimate of drug-likeness (QED) is 0.551. The molecule has 0 radical (unpaired) electrons. The normalized spacial score (nSPS) is 14.7. The lowest BCUT2D eigenvalue weighted by Gasteiger charge is -2.21. The van der Waals surface area contributed by atoms with Crippen LogP contribution in [0.5, 0.6) is 0 Å². The molecule has 0 atom stereocenters. The highest BCUT2D eigenvalue weighted by molar-refractivity contribution is 6.30. The lowest BCUT2D eigenvalue weighted by Crippen LogP contribution is -2.25. The molecule has 0 saturated carbocycles. The van der Waals surface area contributed by atoms with Crippen molar-refractivity contribution in [3.63, 3.8) is 0 Å². The molecule has 1 aliphatic heterocycles. The van der Waals surface area contributed by atoms with Gasteiger partial charge in [0.1, 0.15) is 0 Å². The van der Waals surface area contributed by atoms with Crippen LogP contribution in [0.4, 0.5) is 11.4 Å². The molecule has 0 unspecified atom stereocenters. The minimum Gasteiger partial charge on any atom is -0.326 e. The van der Waals surface area contributed by atoms with Gasteiger partial charge in [-0.25, -0.2) is 0 Å². The maximum atomic E-state index is 13.3. The first kappa shape index (κ1) is 19.7. The van der Waals surface area contributed by atoms with Crippen LogP contribution in [0.1, 0.15) is 18.1 Å². The van der Waals surface area contributed by atoms with Crippen molar-refractivity contribution in [3.05, 3.63) is 107 Å². The van der Waals surface area contributed by atoms with Gasteiger partial charge >= 0.3 is 0 Å². The molecule has 5 heteroatoms. The third kappa shape index (κ3) is 4.19. The van der Waals surface area contributed by atoms with Crippen LogP contribution in [0.15, 0.2) is 90.5 Å². The standard InChI is InChI=1S/C25H19ClN2O2/c1-17(29)27-22-11-13-23(14-12-22)28-24(19-5-3-2-4-6-19)16-20(25(28)30)15-18-7-9-21(26)10-8-18/h2-16H,1H3,(H,27,29)/b20-15-. The largest absolute Gasteiger partial charge is 0.326 e. The Morgan fingerprint density at radius 1 is 0.933 bits per heavy atom. The summed E-state index contributed by atoms with van der Waals surface area (Å²) in [6, 6.07) is 24.4. The molecule has 148 valence electrons. The molecule has 1 heterocycles. The molecule has 4 rings (SSSR count). The van der Waals surface area contributed by atoms with E-state index in [2.05, 4.69) is 5.32 Å². The molecule has 0 aliphatic carbocycles. The summed E-state index contributed by atoms with van der Waals surface area (Å²) in [4.78, 5) is 26.3. The average Bonchev–Trinajstić information content (AvgIpc) is 3.07. The lowest BCUT2D eigenvalue weighted by molar-refractivity contribution is -0.114. The second-order valence-corrected chi connectivity index (χ2v) is 7.35.